The summed E-state index contributed by atoms with van der Waals surface area (Å²) in [4.78, 5) is 0. The van der Waals surface area contributed by atoms with Crippen LogP contribution in [0, 0.1) is 5.41 Å². The molecule has 18 heavy (non-hydrogen) atoms. The Kier molecular flexibility index (Phi) is 9.59. The predicted octanol–water partition coefficient (Wildman–Crippen LogP) is 0.397. The molecule has 0 aliphatic heterocycles. The van der Waals surface area contributed by atoms with E-state index in [1.54, 1.807) is 7.11 Å². The average Bonchev–Trinajstić information content (AvgIpc) is 2.22. The van der Waals surface area contributed by atoms with Crippen LogP contribution in [0.4, 0.5) is 0 Å². The minimum absolute atomic E-state index is 0.114. The van der Waals surface area contributed by atoms with Gasteiger partial charge in [-0.05, 0) is 11.8 Å². The summed E-state index contributed by atoms with van der Waals surface area (Å²) in [5, 5.41) is 22.4. The lowest BCUT2D eigenvalue weighted by Gasteiger charge is -2.23. The van der Waals surface area contributed by atoms with E-state index in [0.29, 0.717) is 26.3 Å². The van der Waals surface area contributed by atoms with Gasteiger partial charge in [-0.3, -0.25) is 0 Å². The summed E-state index contributed by atoms with van der Waals surface area (Å²) in [6, 6.07) is 0. The van der Waals surface area contributed by atoms with Crippen LogP contribution in [0.1, 0.15) is 27.2 Å². The minimum Gasteiger partial charge on any atom is -0.392 e. The van der Waals surface area contributed by atoms with Gasteiger partial charge in [-0.25, -0.2) is 0 Å². The third-order valence-corrected chi connectivity index (χ3v) is 2.35. The van der Waals surface area contributed by atoms with Gasteiger partial charge in [0.15, 0.2) is 0 Å². The van der Waals surface area contributed by atoms with Crippen molar-refractivity contribution >= 4 is 0 Å². The van der Waals surface area contributed by atoms with Crippen LogP contribution in [-0.4, -0.2) is 62.4 Å². The zero-order valence-corrected chi connectivity index (χ0v) is 12.1. The van der Waals surface area contributed by atoms with Crippen molar-refractivity contribution in [2.45, 2.75) is 39.4 Å². The molecule has 0 aliphatic rings. The maximum absolute atomic E-state index is 9.75. The molecule has 0 amide bonds. The zero-order valence-electron chi connectivity index (χ0n) is 12.1. The van der Waals surface area contributed by atoms with Crippen molar-refractivity contribution in [3.05, 3.63) is 0 Å². The highest BCUT2D eigenvalue weighted by Crippen LogP contribution is 2.20. The van der Waals surface area contributed by atoms with Crippen LogP contribution in [0.25, 0.3) is 0 Å². The molecule has 0 aromatic rings. The van der Waals surface area contributed by atoms with Crippen LogP contribution in [-0.2, 0) is 9.47 Å². The van der Waals surface area contributed by atoms with Crippen molar-refractivity contribution in [2.24, 2.45) is 5.41 Å². The molecular formula is C13H29NO4. The molecule has 0 heterocycles. The summed E-state index contributed by atoms with van der Waals surface area (Å²) >= 11 is 0. The molecule has 0 spiro atoms. The molecule has 0 aromatic carbocycles. The third kappa shape index (κ3) is 12.3. The molecule has 0 rings (SSSR count). The summed E-state index contributed by atoms with van der Waals surface area (Å²) in [6.07, 6.45) is -0.198. The topological polar surface area (TPSA) is 71.0 Å². The van der Waals surface area contributed by atoms with Crippen LogP contribution in [0.2, 0.25) is 0 Å². The van der Waals surface area contributed by atoms with Gasteiger partial charge in [0.1, 0.15) is 0 Å². The van der Waals surface area contributed by atoms with E-state index in [0.717, 1.165) is 6.42 Å². The standard InChI is InChI=1S/C13H29NO4/c1-13(2,3)7-11(15)8-14-9-12(16)10-18-6-5-17-4/h11-12,14-16H,5-10H2,1-4H3. The van der Waals surface area contributed by atoms with Crippen molar-refractivity contribution in [1.29, 1.82) is 0 Å². The van der Waals surface area contributed by atoms with Crippen molar-refractivity contribution in [1.82, 2.24) is 5.32 Å². The molecule has 2 unspecified atom stereocenters. The van der Waals surface area contributed by atoms with Crippen LogP contribution < -0.4 is 5.32 Å². The number of rotatable bonds is 10. The van der Waals surface area contributed by atoms with E-state index >= 15 is 0 Å². The molecule has 0 saturated heterocycles. The van der Waals surface area contributed by atoms with E-state index in [1.807, 2.05) is 0 Å². The number of methoxy groups -OCH3 is 1. The van der Waals surface area contributed by atoms with Crippen LogP contribution in [0.5, 0.6) is 0 Å². The van der Waals surface area contributed by atoms with Crippen LogP contribution in [0.3, 0.4) is 0 Å². The Bertz CT molecular complexity index is 194. The molecular weight excluding hydrogens is 234 g/mol. The van der Waals surface area contributed by atoms with Crippen LogP contribution >= 0.6 is 0 Å². The van der Waals surface area contributed by atoms with Gasteiger partial charge in [-0.1, -0.05) is 20.8 Å². The van der Waals surface area contributed by atoms with Crippen molar-refractivity contribution in [3.63, 3.8) is 0 Å². The lowest BCUT2D eigenvalue weighted by atomic mass is 9.89. The first-order valence-electron chi connectivity index (χ1n) is 6.48. The van der Waals surface area contributed by atoms with Crippen LogP contribution in [0.15, 0.2) is 0 Å². The fourth-order valence-electron chi connectivity index (χ4n) is 1.62. The number of nitrogens with one attached hydrogen (secondary N) is 1. The lowest BCUT2D eigenvalue weighted by molar-refractivity contribution is 0.0124. The first-order valence-corrected chi connectivity index (χ1v) is 6.48. The van der Waals surface area contributed by atoms with Gasteiger partial charge >= 0.3 is 0 Å². The maximum Gasteiger partial charge on any atom is 0.0897 e. The SMILES string of the molecule is COCCOCC(O)CNCC(O)CC(C)(C)C. The molecule has 0 radical (unpaired) electrons. The molecule has 5 nitrogen and oxygen atoms in total. The third-order valence-electron chi connectivity index (χ3n) is 2.35. The van der Waals surface area contributed by atoms with Gasteiger partial charge in [0.05, 0.1) is 32.0 Å². The Labute approximate surface area is 110 Å². The number of hydrogen-bond acceptors (Lipinski definition) is 5. The van der Waals surface area contributed by atoms with Crippen molar-refractivity contribution in [2.75, 3.05) is 40.0 Å². The molecule has 0 aliphatic carbocycles. The number of aliphatic hydroxyl groups is 2. The monoisotopic (exact) mass is 263 g/mol. The molecule has 0 aromatic heterocycles. The summed E-state index contributed by atoms with van der Waals surface area (Å²) in [6.45, 7) is 8.50. The fraction of sp³-hybridized carbons (Fsp3) is 1.00. The van der Waals surface area contributed by atoms with Gasteiger partial charge in [0.25, 0.3) is 0 Å². The number of aliphatic hydroxyl groups excluding tert-OH is 2. The Morgan fingerprint density at radius 1 is 1.06 bits per heavy atom. The predicted molar refractivity (Wildman–Crippen MR) is 71.7 cm³/mol. The zero-order chi connectivity index (χ0) is 14.0. The Balaban J connectivity index is 3.47. The van der Waals surface area contributed by atoms with Crippen molar-refractivity contribution in [3.8, 4) is 0 Å². The highest BCUT2D eigenvalue weighted by atomic mass is 16.5. The number of ether oxygens (including phenoxy) is 2. The summed E-state index contributed by atoms with van der Waals surface area (Å²) in [5.74, 6) is 0. The van der Waals surface area contributed by atoms with Gasteiger partial charge in [0, 0.05) is 20.2 Å². The second kappa shape index (κ2) is 9.69. The first-order chi connectivity index (χ1) is 8.35. The van der Waals surface area contributed by atoms with Crippen molar-refractivity contribution < 1.29 is 19.7 Å². The van der Waals surface area contributed by atoms with Gasteiger partial charge in [-0.2, -0.15) is 0 Å². The van der Waals surface area contributed by atoms with E-state index in [1.165, 1.54) is 0 Å². The molecule has 5 heteroatoms. The van der Waals surface area contributed by atoms with E-state index in [4.69, 9.17) is 9.47 Å². The smallest absolute Gasteiger partial charge is 0.0897 e. The van der Waals surface area contributed by atoms with Gasteiger partial charge in [0.2, 0.25) is 0 Å². The second-order valence-electron chi connectivity index (χ2n) is 5.80. The largest absolute Gasteiger partial charge is 0.392 e. The molecule has 0 bridgehead atoms. The van der Waals surface area contributed by atoms with Gasteiger partial charge < -0.3 is 25.0 Å². The summed E-state index contributed by atoms with van der Waals surface area (Å²) in [5.41, 5.74) is 0.114. The number of hydrogen-bond donors (Lipinski definition) is 3. The first kappa shape index (κ1) is 17.8. The Morgan fingerprint density at radius 3 is 2.22 bits per heavy atom. The lowest BCUT2D eigenvalue weighted by Crippen LogP contribution is -2.36. The van der Waals surface area contributed by atoms with Gasteiger partial charge in [-0.15, -0.1) is 0 Å². The quantitative estimate of drug-likeness (QED) is 0.498. The van der Waals surface area contributed by atoms with E-state index in [-0.39, 0.29) is 18.1 Å². The second-order valence-corrected chi connectivity index (χ2v) is 5.80. The molecule has 110 valence electrons. The fourth-order valence-corrected chi connectivity index (χ4v) is 1.62. The average molecular weight is 263 g/mol. The molecule has 0 saturated carbocycles. The maximum atomic E-state index is 9.75. The summed E-state index contributed by atoms with van der Waals surface area (Å²) in [7, 11) is 1.61. The molecule has 2 atom stereocenters. The molecule has 0 fully saturated rings. The highest BCUT2D eigenvalue weighted by Gasteiger charge is 2.16. The van der Waals surface area contributed by atoms with E-state index < -0.39 is 6.10 Å². The van der Waals surface area contributed by atoms with E-state index in [9.17, 15) is 10.2 Å². The highest BCUT2D eigenvalue weighted by molar-refractivity contribution is 4.70. The normalized spacial score (nSPS) is 15.7. The Morgan fingerprint density at radius 2 is 1.67 bits per heavy atom. The van der Waals surface area contributed by atoms with E-state index in [2.05, 4.69) is 26.1 Å². The minimum atomic E-state index is -0.552. The summed E-state index contributed by atoms with van der Waals surface area (Å²) < 4.78 is 10.0. The molecule has 3 N–H and O–H groups in total. The Hall–Kier alpha value is -0.200.